The van der Waals surface area contributed by atoms with Crippen LogP contribution in [-0.2, 0) is 0 Å². The van der Waals surface area contributed by atoms with Gasteiger partial charge in [-0.2, -0.15) is 0 Å². The third-order valence-corrected chi connectivity index (χ3v) is 9.23. The Hall–Kier alpha value is -6.59. The van der Waals surface area contributed by atoms with E-state index in [1.54, 1.807) is 0 Å². The summed E-state index contributed by atoms with van der Waals surface area (Å²) in [6.07, 6.45) is 4.14. The van der Waals surface area contributed by atoms with Gasteiger partial charge in [-0.15, -0.1) is 0 Å². The number of benzene rings is 6. The topological polar surface area (TPSA) is 65.0 Å². The van der Waals surface area contributed by atoms with Gasteiger partial charge in [-0.1, -0.05) is 127 Å². The molecular weight excluding hydrogens is 615 g/mol. The van der Waals surface area contributed by atoms with E-state index in [1.165, 1.54) is 0 Å². The number of aromatic nitrogens is 3. The Balaban J connectivity index is 1.31. The van der Waals surface area contributed by atoms with Crippen LogP contribution in [-0.4, -0.2) is 15.0 Å². The van der Waals surface area contributed by atoms with Gasteiger partial charge in [0.2, 0.25) is 0 Å². The van der Waals surface area contributed by atoms with Crippen molar-refractivity contribution in [3.63, 3.8) is 0 Å². The van der Waals surface area contributed by atoms with Gasteiger partial charge in [-0.3, -0.25) is 0 Å². The summed E-state index contributed by atoms with van der Waals surface area (Å²) < 4.78 is 12.8. The number of hydrogen-bond donors (Lipinski definition) is 0. The van der Waals surface area contributed by atoms with Crippen molar-refractivity contribution in [1.29, 1.82) is 0 Å². The number of nitrogens with zero attached hydrogens (tertiary/aromatic N) is 3. The van der Waals surface area contributed by atoms with Crippen molar-refractivity contribution in [2.75, 3.05) is 0 Å². The molecule has 0 spiro atoms. The lowest BCUT2D eigenvalue weighted by Crippen LogP contribution is -2.01. The van der Waals surface area contributed by atoms with Gasteiger partial charge in [-0.05, 0) is 54.8 Å². The van der Waals surface area contributed by atoms with Gasteiger partial charge >= 0.3 is 0 Å². The van der Waals surface area contributed by atoms with Crippen LogP contribution in [0.1, 0.15) is 18.2 Å². The van der Waals surface area contributed by atoms with E-state index >= 15 is 0 Å². The van der Waals surface area contributed by atoms with Crippen molar-refractivity contribution in [3.05, 3.63) is 157 Å². The Morgan fingerprint density at radius 1 is 0.460 bits per heavy atom. The number of allylic oxidation sites excluding steroid dienone is 1. The maximum atomic E-state index is 6.47. The Morgan fingerprint density at radius 3 is 1.84 bits per heavy atom. The first kappa shape index (κ1) is 29.5. The molecule has 0 saturated carbocycles. The molecule has 0 aliphatic carbocycles. The van der Waals surface area contributed by atoms with E-state index in [1.807, 2.05) is 98.8 Å². The molecule has 0 fully saturated rings. The largest absolute Gasteiger partial charge is 0.461 e. The molecule has 3 aromatic heterocycles. The third kappa shape index (κ3) is 5.08. The molecule has 0 aliphatic heterocycles. The lowest BCUT2D eigenvalue weighted by molar-refractivity contribution is 0.577. The highest BCUT2D eigenvalue weighted by atomic mass is 16.3. The van der Waals surface area contributed by atoms with Gasteiger partial charge in [0.15, 0.2) is 17.5 Å². The summed E-state index contributed by atoms with van der Waals surface area (Å²) in [6.45, 7) is 4.03. The molecule has 9 aromatic rings. The number of fused-ring (bicyclic) bond motifs is 4. The molecule has 50 heavy (non-hydrogen) atoms. The van der Waals surface area contributed by atoms with Crippen molar-refractivity contribution >= 4 is 39.0 Å². The average Bonchev–Trinajstić information content (AvgIpc) is 3.71. The number of para-hydroxylation sites is 2. The number of furan rings is 2. The molecular formula is C45H31N3O2. The molecule has 0 radical (unpaired) electrons. The van der Waals surface area contributed by atoms with E-state index in [0.29, 0.717) is 17.5 Å². The minimum atomic E-state index is 0.580. The highest BCUT2D eigenvalue weighted by molar-refractivity contribution is 6.10. The molecule has 9 rings (SSSR count). The molecule has 3 heterocycles. The first-order chi connectivity index (χ1) is 24.6. The maximum absolute atomic E-state index is 6.47. The van der Waals surface area contributed by atoms with E-state index < -0.39 is 0 Å². The van der Waals surface area contributed by atoms with Gasteiger partial charge in [-0.25, -0.2) is 15.0 Å². The fourth-order valence-corrected chi connectivity index (χ4v) is 6.83. The average molecular weight is 646 g/mol. The van der Waals surface area contributed by atoms with E-state index in [-0.39, 0.29) is 0 Å². The fourth-order valence-electron chi connectivity index (χ4n) is 6.83. The number of rotatable bonds is 6. The quantitative estimate of drug-likeness (QED) is 0.180. The van der Waals surface area contributed by atoms with Gasteiger partial charge in [0.1, 0.15) is 22.5 Å². The minimum Gasteiger partial charge on any atom is -0.461 e. The Kier molecular flexibility index (Phi) is 7.17. The summed E-state index contributed by atoms with van der Waals surface area (Å²) in [5, 5.41) is 3.26. The molecule has 238 valence electrons. The second kappa shape index (κ2) is 12.1. The van der Waals surface area contributed by atoms with Crippen LogP contribution in [0.5, 0.6) is 0 Å². The van der Waals surface area contributed by atoms with Gasteiger partial charge < -0.3 is 8.83 Å². The monoisotopic (exact) mass is 645 g/mol. The zero-order valence-corrected chi connectivity index (χ0v) is 27.6. The lowest BCUT2D eigenvalue weighted by atomic mass is 9.93. The lowest BCUT2D eigenvalue weighted by Gasteiger charge is -2.14. The van der Waals surface area contributed by atoms with Crippen molar-refractivity contribution in [2.45, 2.75) is 13.8 Å². The first-order valence-electron chi connectivity index (χ1n) is 16.7. The second-order valence-electron chi connectivity index (χ2n) is 12.4. The normalized spacial score (nSPS) is 11.7. The molecule has 0 N–H and O–H groups in total. The summed E-state index contributed by atoms with van der Waals surface area (Å²) in [5.41, 5.74) is 10.4. The Bertz CT molecular complexity index is 2660. The van der Waals surface area contributed by atoms with Crippen LogP contribution in [0.25, 0.3) is 95.4 Å². The molecule has 0 amide bonds. The fraction of sp³-hybridized carbons (Fsp3) is 0.0444. The van der Waals surface area contributed by atoms with Crippen LogP contribution >= 0.6 is 0 Å². The van der Waals surface area contributed by atoms with Gasteiger partial charge in [0, 0.05) is 44.0 Å². The maximum Gasteiger partial charge on any atom is 0.164 e. The summed E-state index contributed by atoms with van der Waals surface area (Å²) in [7, 11) is 0. The van der Waals surface area contributed by atoms with Crippen molar-refractivity contribution in [1.82, 2.24) is 15.0 Å². The molecule has 0 bridgehead atoms. The SMILES string of the molecule is C/C=C\c1c(C)oc2cc(-c3ccc(-c4cccc5c4oc4ccccc45)cc3-c3nc(-c4ccccc4)nc(-c4ccccc4)n3)ccc12. The van der Waals surface area contributed by atoms with E-state index in [0.717, 1.165) is 83.2 Å². The molecule has 5 nitrogen and oxygen atoms in total. The van der Waals surface area contributed by atoms with Crippen LogP contribution in [0.15, 0.2) is 154 Å². The summed E-state index contributed by atoms with van der Waals surface area (Å²) in [5.74, 6) is 2.69. The third-order valence-electron chi connectivity index (χ3n) is 9.23. The van der Waals surface area contributed by atoms with Crippen LogP contribution in [0.2, 0.25) is 0 Å². The first-order valence-corrected chi connectivity index (χ1v) is 16.7. The summed E-state index contributed by atoms with van der Waals surface area (Å²) in [4.78, 5) is 15.2. The van der Waals surface area contributed by atoms with Crippen LogP contribution in [0.3, 0.4) is 0 Å². The molecule has 5 heteroatoms. The highest BCUT2D eigenvalue weighted by Crippen LogP contribution is 2.41. The zero-order valence-electron chi connectivity index (χ0n) is 27.6. The highest BCUT2D eigenvalue weighted by Gasteiger charge is 2.20. The summed E-state index contributed by atoms with van der Waals surface area (Å²) >= 11 is 0. The Morgan fingerprint density at radius 2 is 1.10 bits per heavy atom. The molecule has 0 unspecified atom stereocenters. The van der Waals surface area contributed by atoms with E-state index in [2.05, 4.69) is 66.7 Å². The van der Waals surface area contributed by atoms with Crippen LogP contribution < -0.4 is 0 Å². The van der Waals surface area contributed by atoms with Crippen LogP contribution in [0.4, 0.5) is 0 Å². The minimum absolute atomic E-state index is 0.580. The van der Waals surface area contributed by atoms with Crippen molar-refractivity contribution < 1.29 is 8.83 Å². The van der Waals surface area contributed by atoms with Gasteiger partial charge in [0.05, 0.1) is 0 Å². The molecule has 0 aliphatic rings. The van der Waals surface area contributed by atoms with Crippen molar-refractivity contribution in [3.8, 4) is 56.4 Å². The molecule has 0 saturated heterocycles. The van der Waals surface area contributed by atoms with Crippen molar-refractivity contribution in [2.24, 2.45) is 0 Å². The smallest absolute Gasteiger partial charge is 0.164 e. The second-order valence-corrected chi connectivity index (χ2v) is 12.4. The number of hydrogen-bond acceptors (Lipinski definition) is 5. The number of aryl methyl sites for hydroxylation is 1. The van der Waals surface area contributed by atoms with E-state index in [4.69, 9.17) is 23.8 Å². The molecule has 6 aromatic carbocycles. The predicted molar refractivity (Wildman–Crippen MR) is 204 cm³/mol. The predicted octanol–water partition coefficient (Wildman–Crippen LogP) is 12.2. The molecule has 0 atom stereocenters. The zero-order chi connectivity index (χ0) is 33.6. The van der Waals surface area contributed by atoms with Gasteiger partial charge in [0.25, 0.3) is 0 Å². The summed E-state index contributed by atoms with van der Waals surface area (Å²) in [6, 6.07) is 47.5. The Labute approximate surface area is 289 Å². The standard InChI is InChI=1S/C45H31N3O2/c1-3-13-33-28(2)49-41-27-32(23-25-37(33)41)34-24-22-31(35-19-12-20-38-36-18-10-11-21-40(36)50-42(35)38)26-39(34)45-47-43(29-14-6-4-7-15-29)46-44(48-45)30-16-8-5-9-17-30/h3-27H,1-2H3/b13-3-. The van der Waals surface area contributed by atoms with E-state index in [9.17, 15) is 0 Å². The van der Waals surface area contributed by atoms with Crippen LogP contribution in [0, 0.1) is 6.92 Å².